The maximum atomic E-state index is 12.1. The highest BCUT2D eigenvalue weighted by Gasteiger charge is 2.17. The molecule has 1 amide bonds. The Kier molecular flexibility index (Phi) is 3.76. The lowest BCUT2D eigenvalue weighted by atomic mass is 10.1. The maximum absolute atomic E-state index is 12.1. The third-order valence-corrected chi connectivity index (χ3v) is 3.74. The third-order valence-electron chi connectivity index (χ3n) is 2.77. The molecule has 2 rings (SSSR count). The fourth-order valence-corrected chi connectivity index (χ4v) is 2.64. The SMILES string of the molecule is Cc1cc(C(=O)O)c(NC(=O)c2ccc(O)c(C)c2)s1. The number of aryl methyl sites for hydroxylation is 2. The van der Waals surface area contributed by atoms with Crippen molar-refractivity contribution in [3.05, 3.63) is 45.8 Å². The van der Waals surface area contributed by atoms with Crippen molar-refractivity contribution in [3.8, 4) is 5.75 Å². The van der Waals surface area contributed by atoms with Crippen molar-refractivity contribution in [2.75, 3.05) is 5.32 Å². The molecule has 0 atom stereocenters. The summed E-state index contributed by atoms with van der Waals surface area (Å²) in [6.07, 6.45) is 0. The van der Waals surface area contributed by atoms with Gasteiger partial charge in [0, 0.05) is 10.4 Å². The van der Waals surface area contributed by atoms with Crippen LogP contribution >= 0.6 is 11.3 Å². The minimum Gasteiger partial charge on any atom is -0.508 e. The average molecular weight is 291 g/mol. The van der Waals surface area contributed by atoms with Crippen molar-refractivity contribution in [2.24, 2.45) is 0 Å². The zero-order valence-corrected chi connectivity index (χ0v) is 11.7. The van der Waals surface area contributed by atoms with E-state index < -0.39 is 11.9 Å². The summed E-state index contributed by atoms with van der Waals surface area (Å²) >= 11 is 1.21. The van der Waals surface area contributed by atoms with Gasteiger partial charge in [-0.05, 0) is 43.7 Å². The van der Waals surface area contributed by atoms with E-state index in [0.29, 0.717) is 16.1 Å². The Morgan fingerprint density at radius 2 is 1.90 bits per heavy atom. The van der Waals surface area contributed by atoms with E-state index in [4.69, 9.17) is 5.11 Å². The Bertz CT molecular complexity index is 690. The number of hydrogen-bond acceptors (Lipinski definition) is 4. The molecule has 0 aliphatic rings. The number of rotatable bonds is 3. The monoisotopic (exact) mass is 291 g/mol. The van der Waals surface area contributed by atoms with Gasteiger partial charge < -0.3 is 15.5 Å². The molecule has 0 fully saturated rings. The summed E-state index contributed by atoms with van der Waals surface area (Å²) in [4.78, 5) is 24.0. The van der Waals surface area contributed by atoms with Gasteiger partial charge in [-0.3, -0.25) is 4.79 Å². The maximum Gasteiger partial charge on any atom is 0.338 e. The van der Waals surface area contributed by atoms with E-state index in [1.165, 1.54) is 29.5 Å². The molecule has 104 valence electrons. The minimum absolute atomic E-state index is 0.0800. The zero-order valence-electron chi connectivity index (χ0n) is 10.9. The molecule has 0 bridgehead atoms. The Morgan fingerprint density at radius 3 is 2.50 bits per heavy atom. The van der Waals surface area contributed by atoms with Crippen molar-refractivity contribution in [1.29, 1.82) is 0 Å². The number of hydrogen-bond donors (Lipinski definition) is 3. The van der Waals surface area contributed by atoms with Crippen LogP contribution in [0.25, 0.3) is 0 Å². The number of aromatic carboxylic acids is 1. The summed E-state index contributed by atoms with van der Waals surface area (Å²) in [5.74, 6) is -1.37. The molecule has 0 saturated carbocycles. The second-order valence-electron chi connectivity index (χ2n) is 4.36. The molecule has 20 heavy (non-hydrogen) atoms. The normalized spacial score (nSPS) is 10.3. The first-order valence-electron chi connectivity index (χ1n) is 5.83. The van der Waals surface area contributed by atoms with Gasteiger partial charge in [0.25, 0.3) is 5.91 Å². The van der Waals surface area contributed by atoms with Crippen LogP contribution < -0.4 is 5.32 Å². The quantitative estimate of drug-likeness (QED) is 0.811. The Morgan fingerprint density at radius 1 is 1.20 bits per heavy atom. The van der Waals surface area contributed by atoms with E-state index in [1.807, 2.05) is 0 Å². The van der Waals surface area contributed by atoms with Gasteiger partial charge in [0.15, 0.2) is 0 Å². The third kappa shape index (κ3) is 2.80. The largest absolute Gasteiger partial charge is 0.508 e. The minimum atomic E-state index is -1.08. The second kappa shape index (κ2) is 5.34. The molecule has 3 N–H and O–H groups in total. The number of benzene rings is 1. The molecule has 5 nitrogen and oxygen atoms in total. The Balaban J connectivity index is 2.27. The van der Waals surface area contributed by atoms with Gasteiger partial charge in [0.2, 0.25) is 0 Å². The summed E-state index contributed by atoms with van der Waals surface area (Å²) in [6, 6.07) is 5.98. The van der Waals surface area contributed by atoms with E-state index in [9.17, 15) is 14.7 Å². The van der Waals surface area contributed by atoms with E-state index in [0.717, 1.165) is 4.88 Å². The number of carboxylic acids is 1. The van der Waals surface area contributed by atoms with Crippen molar-refractivity contribution < 1.29 is 19.8 Å². The zero-order chi connectivity index (χ0) is 14.9. The van der Waals surface area contributed by atoms with Gasteiger partial charge in [-0.25, -0.2) is 4.79 Å². The van der Waals surface area contributed by atoms with E-state index in [2.05, 4.69) is 5.32 Å². The Labute approximate surface area is 119 Å². The number of phenolic OH excluding ortho intramolecular Hbond substituents is 1. The van der Waals surface area contributed by atoms with E-state index in [1.54, 1.807) is 19.9 Å². The summed E-state index contributed by atoms with van der Waals surface area (Å²) in [6.45, 7) is 3.46. The first-order valence-corrected chi connectivity index (χ1v) is 6.65. The van der Waals surface area contributed by atoms with Crippen LogP contribution in [-0.2, 0) is 0 Å². The smallest absolute Gasteiger partial charge is 0.338 e. The number of aromatic hydroxyl groups is 1. The highest BCUT2D eigenvalue weighted by atomic mass is 32.1. The summed E-state index contributed by atoms with van der Waals surface area (Å²) in [7, 11) is 0. The number of amides is 1. The highest BCUT2D eigenvalue weighted by Crippen LogP contribution is 2.28. The standard InChI is InChI=1S/C14H13NO4S/c1-7-5-9(3-4-11(7)16)12(17)15-13-10(14(18)19)6-8(2)20-13/h3-6,16H,1-2H3,(H,15,17)(H,18,19). The number of thiophene rings is 1. The molecule has 1 aromatic heterocycles. The molecular formula is C14H13NO4S. The van der Waals surface area contributed by atoms with Gasteiger partial charge in [-0.1, -0.05) is 0 Å². The van der Waals surface area contributed by atoms with Crippen LogP contribution in [0.5, 0.6) is 5.75 Å². The number of anilines is 1. The van der Waals surface area contributed by atoms with Crippen molar-refractivity contribution in [3.63, 3.8) is 0 Å². The van der Waals surface area contributed by atoms with Gasteiger partial charge in [0.05, 0.1) is 5.56 Å². The summed E-state index contributed by atoms with van der Waals surface area (Å²) < 4.78 is 0. The molecule has 0 unspecified atom stereocenters. The molecule has 0 saturated heterocycles. The van der Waals surface area contributed by atoms with E-state index >= 15 is 0 Å². The number of carbonyl (C=O) groups is 2. The van der Waals surface area contributed by atoms with Crippen LogP contribution in [0, 0.1) is 13.8 Å². The number of phenols is 1. The lowest BCUT2D eigenvalue weighted by Crippen LogP contribution is -2.13. The lowest BCUT2D eigenvalue weighted by Gasteiger charge is -2.06. The Hall–Kier alpha value is -2.34. The molecular weight excluding hydrogens is 278 g/mol. The first kappa shape index (κ1) is 14.1. The average Bonchev–Trinajstić information content (AvgIpc) is 2.73. The molecule has 6 heteroatoms. The molecule has 1 heterocycles. The molecule has 0 aliphatic heterocycles. The molecule has 2 aromatic rings. The predicted octanol–water partition coefficient (Wildman–Crippen LogP) is 3.02. The topological polar surface area (TPSA) is 86.6 Å². The van der Waals surface area contributed by atoms with E-state index in [-0.39, 0.29) is 11.3 Å². The molecule has 0 radical (unpaired) electrons. The highest BCUT2D eigenvalue weighted by molar-refractivity contribution is 7.16. The molecule has 0 aliphatic carbocycles. The van der Waals surface area contributed by atoms with Gasteiger partial charge in [-0.2, -0.15) is 0 Å². The van der Waals surface area contributed by atoms with Crippen molar-refractivity contribution in [2.45, 2.75) is 13.8 Å². The predicted molar refractivity (Wildman–Crippen MR) is 76.8 cm³/mol. The molecule has 1 aromatic carbocycles. The van der Waals surface area contributed by atoms with Crippen molar-refractivity contribution >= 4 is 28.2 Å². The number of carbonyl (C=O) groups excluding carboxylic acids is 1. The van der Waals surface area contributed by atoms with Gasteiger partial charge >= 0.3 is 5.97 Å². The number of nitrogens with one attached hydrogen (secondary N) is 1. The lowest BCUT2D eigenvalue weighted by molar-refractivity contribution is 0.0698. The van der Waals surface area contributed by atoms with Crippen LogP contribution in [0.15, 0.2) is 24.3 Å². The van der Waals surface area contributed by atoms with Crippen LogP contribution in [0.3, 0.4) is 0 Å². The van der Waals surface area contributed by atoms with Crippen LogP contribution in [0.4, 0.5) is 5.00 Å². The fourth-order valence-electron chi connectivity index (χ4n) is 1.74. The van der Waals surface area contributed by atoms with Gasteiger partial charge in [0.1, 0.15) is 10.8 Å². The first-order chi connectivity index (χ1) is 9.38. The van der Waals surface area contributed by atoms with Crippen LogP contribution in [0.1, 0.15) is 31.2 Å². The molecule has 0 spiro atoms. The number of carboxylic acid groups (broad SMARTS) is 1. The summed E-state index contributed by atoms with van der Waals surface area (Å²) in [5.41, 5.74) is 1.03. The van der Waals surface area contributed by atoms with Crippen molar-refractivity contribution in [1.82, 2.24) is 0 Å². The fraction of sp³-hybridized carbons (Fsp3) is 0.143. The van der Waals surface area contributed by atoms with Crippen LogP contribution in [-0.4, -0.2) is 22.1 Å². The van der Waals surface area contributed by atoms with Crippen LogP contribution in [0.2, 0.25) is 0 Å². The summed E-state index contributed by atoms with van der Waals surface area (Å²) in [5, 5.41) is 21.4. The second-order valence-corrected chi connectivity index (χ2v) is 5.62. The van der Waals surface area contributed by atoms with Gasteiger partial charge in [-0.15, -0.1) is 11.3 Å².